The van der Waals surface area contributed by atoms with E-state index in [1.54, 1.807) is 18.2 Å². The van der Waals surface area contributed by atoms with E-state index in [0.29, 0.717) is 17.4 Å². The molecule has 1 aliphatic rings. The maximum atomic E-state index is 15.9. The Kier molecular flexibility index (Phi) is 9.71. The van der Waals surface area contributed by atoms with E-state index in [2.05, 4.69) is 15.3 Å². The lowest BCUT2D eigenvalue weighted by atomic mass is 10.0. The Hall–Kier alpha value is -5.14. The molecule has 13 nitrogen and oxygen atoms in total. The monoisotopic (exact) mass is 768 g/mol. The molecular formula is C31H25ClF4N6O7S2. The van der Waals surface area contributed by atoms with Crippen molar-refractivity contribution in [1.82, 2.24) is 24.9 Å². The minimum absolute atomic E-state index is 0.0471. The first kappa shape index (κ1) is 35.7. The molecule has 1 saturated heterocycles. The van der Waals surface area contributed by atoms with Crippen LogP contribution < -0.4 is 18.5 Å². The number of nitrogens with zero attached hydrogens (tertiary/aromatic N) is 6. The topological polar surface area (TPSA) is 149 Å². The first-order chi connectivity index (χ1) is 24.2. The number of anilines is 1. The number of amides is 1. The van der Waals surface area contributed by atoms with E-state index < -0.39 is 50.4 Å². The van der Waals surface area contributed by atoms with Gasteiger partial charge in [0.15, 0.2) is 0 Å². The molecule has 0 unspecified atom stereocenters. The summed E-state index contributed by atoms with van der Waals surface area (Å²) in [6.45, 7) is -0.259. The second-order valence-corrected chi connectivity index (χ2v) is 14.0. The van der Waals surface area contributed by atoms with Gasteiger partial charge in [0.05, 0.1) is 43.1 Å². The Morgan fingerprint density at radius 1 is 1.06 bits per heavy atom. The first-order valence-electron chi connectivity index (χ1n) is 14.6. The summed E-state index contributed by atoms with van der Waals surface area (Å²) in [7, 11) is -1.90. The number of likely N-dealkylation sites (tertiary alicyclic amines) is 1. The van der Waals surface area contributed by atoms with Crippen LogP contribution >= 0.6 is 22.9 Å². The molecular weight excluding hydrogens is 744 g/mol. The number of carboxylic acid groups (broad SMARTS) is 1. The molecule has 20 heteroatoms. The second kappa shape index (κ2) is 13.9. The highest BCUT2D eigenvalue weighted by Gasteiger charge is 2.36. The Morgan fingerprint density at radius 3 is 2.47 bits per heavy atom. The standard InChI is InChI=1S/C31H25ClF4N6O7S2/c1-47-20-5-3-17(26(10-20)48-2)13-41(29-39-37-16-50-29)51(45,46)28-11-22(32)27(12-23(28)33)49-25-6-4-18(31(34,35)36)9-21(25)24-7-8-38-42(24)19-14-40(15-19)30(43)44/h3-12,16,19H,13-15H2,1-2H3,(H,43,44). The lowest BCUT2D eigenvalue weighted by Crippen LogP contribution is -2.50. The molecule has 6 rings (SSSR count). The summed E-state index contributed by atoms with van der Waals surface area (Å²) in [6, 6.07) is 9.76. The van der Waals surface area contributed by atoms with E-state index in [1.165, 1.54) is 36.7 Å². The van der Waals surface area contributed by atoms with Crippen LogP contribution in [0, 0.1) is 5.82 Å². The third-order valence-corrected chi connectivity index (χ3v) is 10.8. The lowest BCUT2D eigenvalue weighted by Gasteiger charge is -2.37. The van der Waals surface area contributed by atoms with Crippen molar-refractivity contribution in [2.45, 2.75) is 23.7 Å². The zero-order valence-electron chi connectivity index (χ0n) is 26.3. The largest absolute Gasteiger partial charge is 0.497 e. The molecule has 268 valence electrons. The smallest absolute Gasteiger partial charge is 0.416 e. The van der Waals surface area contributed by atoms with Crippen molar-refractivity contribution in [3.8, 4) is 34.3 Å². The summed E-state index contributed by atoms with van der Waals surface area (Å²) in [5.41, 5.74) is 0.700. The SMILES string of the molecule is COc1ccc(CN(c2nncs2)S(=O)(=O)c2cc(Cl)c(Oc3ccc(C(F)(F)F)cc3-c3ccnn3C3CN(C(=O)O)C3)cc2F)c(OC)c1. The van der Waals surface area contributed by atoms with Crippen molar-refractivity contribution in [1.29, 1.82) is 0 Å². The molecule has 0 bridgehead atoms. The van der Waals surface area contributed by atoms with Gasteiger partial charge in [-0.15, -0.1) is 10.2 Å². The van der Waals surface area contributed by atoms with Crippen LogP contribution in [0.15, 0.2) is 71.2 Å². The molecule has 0 atom stereocenters. The molecule has 3 heterocycles. The molecule has 51 heavy (non-hydrogen) atoms. The second-order valence-electron chi connectivity index (χ2n) is 10.9. The maximum Gasteiger partial charge on any atom is 0.416 e. The van der Waals surface area contributed by atoms with Crippen LogP contribution in [-0.4, -0.2) is 71.8 Å². The van der Waals surface area contributed by atoms with Crippen molar-refractivity contribution < 1.29 is 50.1 Å². The average Bonchev–Trinajstić information content (AvgIpc) is 3.77. The van der Waals surface area contributed by atoms with E-state index >= 15 is 4.39 Å². The Labute approximate surface area is 296 Å². The zero-order valence-corrected chi connectivity index (χ0v) is 28.7. The third kappa shape index (κ3) is 7.08. The summed E-state index contributed by atoms with van der Waals surface area (Å²) in [6.07, 6.45) is -4.57. The van der Waals surface area contributed by atoms with Crippen molar-refractivity contribution in [2.24, 2.45) is 0 Å². The number of alkyl halides is 3. The number of rotatable bonds is 11. The number of benzene rings is 3. The van der Waals surface area contributed by atoms with Crippen molar-refractivity contribution >= 4 is 44.2 Å². The predicted molar refractivity (Wildman–Crippen MR) is 176 cm³/mol. The van der Waals surface area contributed by atoms with Gasteiger partial charge in [0.1, 0.15) is 39.2 Å². The Balaban J connectivity index is 1.36. The van der Waals surface area contributed by atoms with E-state index in [-0.39, 0.29) is 52.5 Å². The highest BCUT2D eigenvalue weighted by molar-refractivity contribution is 7.93. The van der Waals surface area contributed by atoms with Crippen molar-refractivity contribution in [2.75, 3.05) is 31.6 Å². The van der Waals surface area contributed by atoms with Gasteiger partial charge in [-0.3, -0.25) is 4.68 Å². The fourth-order valence-electron chi connectivity index (χ4n) is 5.27. The van der Waals surface area contributed by atoms with Crippen molar-refractivity contribution in [3.05, 3.63) is 88.3 Å². The maximum absolute atomic E-state index is 15.9. The fourth-order valence-corrected chi connectivity index (χ4v) is 7.79. The molecule has 1 aliphatic heterocycles. The molecule has 0 saturated carbocycles. The molecule has 3 aromatic carbocycles. The highest BCUT2D eigenvalue weighted by Crippen LogP contribution is 2.43. The minimum atomic E-state index is -4.75. The van der Waals surface area contributed by atoms with Crippen molar-refractivity contribution in [3.63, 3.8) is 0 Å². The first-order valence-corrected chi connectivity index (χ1v) is 17.3. The average molecular weight is 769 g/mol. The van der Waals surface area contributed by atoms with Gasteiger partial charge in [-0.1, -0.05) is 22.9 Å². The zero-order chi connectivity index (χ0) is 36.7. The molecule has 5 aromatic rings. The van der Waals surface area contributed by atoms with E-state index in [9.17, 15) is 31.5 Å². The van der Waals surface area contributed by atoms with Crippen LogP contribution in [0.25, 0.3) is 11.3 Å². The molecule has 1 fully saturated rings. The molecule has 0 spiro atoms. The van der Waals surface area contributed by atoms with Gasteiger partial charge in [0.25, 0.3) is 10.0 Å². The van der Waals surface area contributed by atoms with E-state index in [4.69, 9.17) is 25.8 Å². The molecule has 0 radical (unpaired) electrons. The number of ether oxygens (including phenoxy) is 3. The molecule has 1 N–H and O–H groups in total. The molecule has 0 aliphatic carbocycles. The van der Waals surface area contributed by atoms with Gasteiger partial charge in [-0.05, 0) is 42.5 Å². The minimum Gasteiger partial charge on any atom is -0.497 e. The summed E-state index contributed by atoms with van der Waals surface area (Å²) in [5.74, 6) is -1.15. The van der Waals surface area contributed by atoms with Crippen LogP contribution in [0.4, 0.5) is 27.5 Å². The number of carbonyl (C=O) groups is 1. The number of hydrogen-bond donors (Lipinski definition) is 1. The van der Waals surface area contributed by atoms with Gasteiger partial charge < -0.3 is 24.2 Å². The van der Waals surface area contributed by atoms with Gasteiger partial charge in [-0.25, -0.2) is 21.9 Å². The normalized spacial score (nSPS) is 13.5. The van der Waals surface area contributed by atoms with Crippen LogP contribution in [0.5, 0.6) is 23.0 Å². The van der Waals surface area contributed by atoms with E-state index in [1.807, 2.05) is 0 Å². The third-order valence-electron chi connectivity index (χ3n) is 7.88. The van der Waals surface area contributed by atoms with Gasteiger partial charge in [-0.2, -0.15) is 18.3 Å². The number of aromatic nitrogens is 4. The quantitative estimate of drug-likeness (QED) is 0.140. The van der Waals surface area contributed by atoms with Gasteiger partial charge in [0.2, 0.25) is 5.13 Å². The summed E-state index contributed by atoms with van der Waals surface area (Å²) in [5, 5.41) is 20.5. The van der Waals surface area contributed by atoms with Gasteiger partial charge in [0, 0.05) is 42.5 Å². The molecule has 2 aromatic heterocycles. The predicted octanol–water partition coefficient (Wildman–Crippen LogP) is 6.95. The summed E-state index contributed by atoms with van der Waals surface area (Å²) < 4.78 is 104. The summed E-state index contributed by atoms with van der Waals surface area (Å²) >= 11 is 7.36. The number of hydrogen-bond acceptors (Lipinski definition) is 10. The number of sulfonamides is 1. The number of halogens is 5. The van der Waals surface area contributed by atoms with Crippen LogP contribution in [0.3, 0.4) is 0 Å². The highest BCUT2D eigenvalue weighted by atomic mass is 35.5. The lowest BCUT2D eigenvalue weighted by molar-refractivity contribution is -0.137. The Bertz CT molecular complexity index is 2200. The fraction of sp³-hybridized carbons (Fsp3) is 0.226. The van der Waals surface area contributed by atoms with Crippen LogP contribution in [0.2, 0.25) is 5.02 Å². The van der Waals surface area contributed by atoms with Crippen LogP contribution in [0.1, 0.15) is 17.2 Å². The van der Waals surface area contributed by atoms with Crippen LogP contribution in [-0.2, 0) is 22.7 Å². The van der Waals surface area contributed by atoms with E-state index in [0.717, 1.165) is 44.8 Å². The summed E-state index contributed by atoms with van der Waals surface area (Å²) in [4.78, 5) is 11.6. The van der Waals surface area contributed by atoms with Gasteiger partial charge >= 0.3 is 12.3 Å². The number of methoxy groups -OCH3 is 2. The molecule has 1 amide bonds. The Morgan fingerprint density at radius 2 is 1.82 bits per heavy atom.